The van der Waals surface area contributed by atoms with Gasteiger partial charge in [-0.15, -0.1) is 0 Å². The summed E-state index contributed by atoms with van der Waals surface area (Å²) in [5.74, 6) is 0.424. The molecule has 0 saturated heterocycles. The van der Waals surface area contributed by atoms with Crippen molar-refractivity contribution >= 4 is 17.0 Å². The van der Waals surface area contributed by atoms with Crippen molar-refractivity contribution in [3.8, 4) is 5.75 Å². The molecule has 1 aliphatic carbocycles. The van der Waals surface area contributed by atoms with E-state index in [2.05, 4.69) is 18.7 Å². The van der Waals surface area contributed by atoms with Gasteiger partial charge >= 0.3 is 0 Å². The maximum atomic E-state index is 12.0. The van der Waals surface area contributed by atoms with E-state index in [1.807, 2.05) is 37.3 Å². The number of benzene rings is 2. The molecule has 0 spiro atoms. The molecule has 5 nitrogen and oxygen atoms in total. The Balaban J connectivity index is 1.65. The molecule has 1 aliphatic heterocycles. The molecule has 0 aromatic heterocycles. The number of hydrogen-bond donors (Lipinski definition) is 2. The molecule has 2 aliphatic rings. The number of nitrogens with zero attached hydrogens (tertiary/aromatic N) is 1. The molecule has 4 atom stereocenters. The monoisotopic (exact) mass is 385 g/mol. The van der Waals surface area contributed by atoms with Crippen LogP contribution in [0.25, 0.3) is 0 Å². The highest BCUT2D eigenvalue weighted by Gasteiger charge is 2.36. The summed E-state index contributed by atoms with van der Waals surface area (Å²) in [5.41, 5.74) is 4.10. The van der Waals surface area contributed by atoms with Gasteiger partial charge in [-0.1, -0.05) is 36.9 Å². The molecule has 0 saturated carbocycles. The summed E-state index contributed by atoms with van der Waals surface area (Å²) in [5, 5.41) is 9.88. The highest BCUT2D eigenvalue weighted by atomic mass is 32.2. The Kier molecular flexibility index (Phi) is 4.70. The van der Waals surface area contributed by atoms with Gasteiger partial charge in [0.15, 0.2) is 0 Å². The van der Waals surface area contributed by atoms with Crippen LogP contribution in [0.1, 0.15) is 36.1 Å². The van der Waals surface area contributed by atoms with Crippen LogP contribution < -0.4 is 9.04 Å². The molecule has 142 valence electrons. The van der Waals surface area contributed by atoms with Crippen LogP contribution in [0.4, 0.5) is 5.69 Å². The molecule has 1 heterocycles. The van der Waals surface area contributed by atoms with Crippen LogP contribution >= 0.6 is 0 Å². The molecule has 2 N–H and O–H groups in total. The number of anilines is 1. The van der Waals surface area contributed by atoms with Crippen molar-refractivity contribution in [1.29, 1.82) is 0 Å². The maximum absolute atomic E-state index is 12.0. The second-order valence-electron chi connectivity index (χ2n) is 7.23. The Hall–Kier alpha value is -2.31. The number of aliphatic hydroxyl groups excluding tert-OH is 1. The Morgan fingerprint density at radius 2 is 2.04 bits per heavy atom. The number of hydrogen-bond acceptors (Lipinski definition) is 3. The standard InChI is InChI=1S/C21H23NO4S/c1-13-19(14(2)23)11-16-7-9-17(12-20(16)22(13)27(24)25)26-21-10-8-15-5-3-4-6-18(15)21/h3-7,9,12-13,19,21,23H,2,8,10-11H2,1H3,(H,24,25). The lowest BCUT2D eigenvalue weighted by molar-refractivity contribution is 0.207. The second-order valence-corrected chi connectivity index (χ2v) is 8.09. The van der Waals surface area contributed by atoms with Gasteiger partial charge in [0.05, 0.1) is 17.5 Å². The molecule has 2 aromatic rings. The van der Waals surface area contributed by atoms with Gasteiger partial charge in [0.1, 0.15) is 11.9 Å². The minimum absolute atomic E-state index is 0.00157. The average Bonchev–Trinajstić information content (AvgIpc) is 3.03. The van der Waals surface area contributed by atoms with Crippen molar-refractivity contribution in [1.82, 2.24) is 0 Å². The molecular formula is C21H23NO4S. The predicted molar refractivity (Wildman–Crippen MR) is 106 cm³/mol. The van der Waals surface area contributed by atoms with E-state index in [0.29, 0.717) is 17.9 Å². The molecule has 4 rings (SSSR count). The van der Waals surface area contributed by atoms with Gasteiger partial charge < -0.3 is 9.84 Å². The van der Waals surface area contributed by atoms with Gasteiger partial charge in [-0.05, 0) is 48.9 Å². The largest absolute Gasteiger partial charge is 0.513 e. The van der Waals surface area contributed by atoms with Crippen LogP contribution in [0, 0.1) is 5.92 Å². The number of ether oxygens (including phenoxy) is 1. The molecule has 6 heteroatoms. The topological polar surface area (TPSA) is 70.0 Å². The lowest BCUT2D eigenvalue weighted by atomic mass is 9.87. The molecule has 0 bridgehead atoms. The number of aliphatic hydroxyl groups is 1. The van der Waals surface area contributed by atoms with Crippen LogP contribution in [0.5, 0.6) is 5.75 Å². The minimum atomic E-state index is -2.20. The van der Waals surface area contributed by atoms with Crippen LogP contribution in [-0.4, -0.2) is 19.9 Å². The Bertz CT molecular complexity index is 913. The van der Waals surface area contributed by atoms with Gasteiger partial charge in [0.2, 0.25) is 0 Å². The number of rotatable bonds is 4. The van der Waals surface area contributed by atoms with E-state index in [1.165, 1.54) is 15.4 Å². The molecule has 0 fully saturated rings. The van der Waals surface area contributed by atoms with Crippen molar-refractivity contribution in [2.75, 3.05) is 4.31 Å². The molecule has 0 amide bonds. The summed E-state index contributed by atoms with van der Waals surface area (Å²) in [4.78, 5) is 0. The van der Waals surface area contributed by atoms with E-state index in [0.717, 1.165) is 18.4 Å². The number of fused-ring (bicyclic) bond motifs is 2. The highest BCUT2D eigenvalue weighted by molar-refractivity contribution is 7.80. The summed E-state index contributed by atoms with van der Waals surface area (Å²) in [6.07, 6.45) is 2.50. The van der Waals surface area contributed by atoms with E-state index in [4.69, 9.17) is 4.74 Å². The van der Waals surface area contributed by atoms with Crippen LogP contribution in [0.15, 0.2) is 54.8 Å². The van der Waals surface area contributed by atoms with Crippen LogP contribution in [-0.2, 0) is 24.1 Å². The smallest absolute Gasteiger partial charge is 0.262 e. The Labute approximate surface area is 161 Å². The summed E-state index contributed by atoms with van der Waals surface area (Å²) in [6.45, 7) is 5.45. The fourth-order valence-electron chi connectivity index (χ4n) is 4.21. The normalized spacial score (nSPS) is 24.8. The number of aryl methyl sites for hydroxylation is 1. The van der Waals surface area contributed by atoms with Gasteiger partial charge in [-0.25, -0.2) is 4.21 Å². The zero-order chi connectivity index (χ0) is 19.1. The zero-order valence-corrected chi connectivity index (χ0v) is 16.0. The third-order valence-electron chi connectivity index (χ3n) is 5.64. The fraction of sp³-hybridized carbons (Fsp3) is 0.333. The van der Waals surface area contributed by atoms with E-state index in [-0.39, 0.29) is 23.8 Å². The van der Waals surface area contributed by atoms with Crippen molar-refractivity contribution in [3.63, 3.8) is 0 Å². The Morgan fingerprint density at radius 3 is 2.78 bits per heavy atom. The van der Waals surface area contributed by atoms with Crippen LogP contribution in [0.3, 0.4) is 0 Å². The quantitative estimate of drug-likeness (QED) is 0.607. The van der Waals surface area contributed by atoms with Gasteiger partial charge in [0, 0.05) is 12.0 Å². The van der Waals surface area contributed by atoms with E-state index in [1.54, 1.807) is 0 Å². The molecule has 2 aromatic carbocycles. The van der Waals surface area contributed by atoms with E-state index >= 15 is 0 Å². The predicted octanol–water partition coefficient (Wildman–Crippen LogP) is 4.33. The van der Waals surface area contributed by atoms with Crippen molar-refractivity contribution < 1.29 is 18.6 Å². The molecule has 0 radical (unpaired) electrons. The first-order valence-electron chi connectivity index (χ1n) is 9.11. The first-order valence-corrected chi connectivity index (χ1v) is 10.2. The van der Waals surface area contributed by atoms with Crippen molar-refractivity contribution in [2.45, 2.75) is 38.3 Å². The van der Waals surface area contributed by atoms with Crippen molar-refractivity contribution in [2.24, 2.45) is 5.92 Å². The summed E-state index contributed by atoms with van der Waals surface area (Å²) < 4.78 is 29.5. The average molecular weight is 385 g/mol. The third kappa shape index (κ3) is 3.24. The van der Waals surface area contributed by atoms with Gasteiger partial charge in [-0.2, -0.15) is 0 Å². The lowest BCUT2D eigenvalue weighted by Crippen LogP contribution is -2.45. The molecular weight excluding hydrogens is 362 g/mol. The minimum Gasteiger partial charge on any atom is -0.513 e. The first-order chi connectivity index (χ1) is 13.0. The fourth-order valence-corrected chi connectivity index (χ4v) is 4.98. The van der Waals surface area contributed by atoms with Gasteiger partial charge in [0.25, 0.3) is 11.3 Å². The lowest BCUT2D eigenvalue weighted by Gasteiger charge is -2.39. The van der Waals surface area contributed by atoms with E-state index in [9.17, 15) is 13.9 Å². The first kappa shape index (κ1) is 18.1. The molecule has 4 unspecified atom stereocenters. The molecule has 27 heavy (non-hydrogen) atoms. The maximum Gasteiger partial charge on any atom is 0.262 e. The summed E-state index contributed by atoms with van der Waals surface area (Å²) in [7, 11) is 0. The second kappa shape index (κ2) is 7.02. The van der Waals surface area contributed by atoms with Gasteiger partial charge in [-0.3, -0.25) is 8.86 Å². The highest BCUT2D eigenvalue weighted by Crippen LogP contribution is 2.41. The third-order valence-corrected chi connectivity index (χ3v) is 6.50. The summed E-state index contributed by atoms with van der Waals surface area (Å²) >= 11 is -2.20. The Morgan fingerprint density at radius 1 is 1.26 bits per heavy atom. The summed E-state index contributed by atoms with van der Waals surface area (Å²) in [6, 6.07) is 13.6. The van der Waals surface area contributed by atoms with Crippen LogP contribution in [0.2, 0.25) is 0 Å². The van der Waals surface area contributed by atoms with Crippen molar-refractivity contribution in [3.05, 3.63) is 71.5 Å². The SMILES string of the molecule is C=C(O)C1Cc2ccc(OC3CCc4ccccc43)cc2N(S(=O)O)C1C. The van der Waals surface area contributed by atoms with E-state index < -0.39 is 11.3 Å². The zero-order valence-electron chi connectivity index (χ0n) is 15.2.